The molecule has 0 aliphatic rings. The molecule has 0 atom stereocenters. The van der Waals surface area contributed by atoms with Gasteiger partial charge in [0.05, 0.1) is 11.6 Å². The maximum Gasteiger partial charge on any atom is 0.251 e. The van der Waals surface area contributed by atoms with Crippen LogP contribution >= 0.6 is 15.9 Å². The lowest BCUT2D eigenvalue weighted by atomic mass is 10.2. The average Bonchev–Trinajstić information content (AvgIpc) is 2.72. The third-order valence-electron chi connectivity index (χ3n) is 3.92. The van der Waals surface area contributed by atoms with Crippen LogP contribution in [0.15, 0.2) is 71.5 Å². The predicted molar refractivity (Wildman–Crippen MR) is 107 cm³/mol. The second-order valence-electron chi connectivity index (χ2n) is 5.83. The van der Waals surface area contributed by atoms with Crippen LogP contribution in [0.4, 0.5) is 0 Å². The molecule has 0 unspecified atom stereocenters. The maximum absolute atomic E-state index is 12.3. The summed E-state index contributed by atoms with van der Waals surface area (Å²) >= 11 is 3.39. The molecule has 0 aliphatic heterocycles. The Morgan fingerprint density at radius 1 is 1.11 bits per heavy atom. The number of nitrogens with one attached hydrogen (secondary N) is 1. The molecule has 138 valence electrons. The Hall–Kier alpha value is -2.86. The predicted octanol–water partition coefficient (Wildman–Crippen LogP) is 4.36. The van der Waals surface area contributed by atoms with Crippen LogP contribution in [0.3, 0.4) is 0 Å². The molecule has 1 aromatic heterocycles. The monoisotopic (exact) mass is 426 g/mol. The van der Waals surface area contributed by atoms with Crippen LogP contribution in [-0.4, -0.2) is 18.0 Å². The Labute approximate surface area is 166 Å². The Morgan fingerprint density at radius 2 is 1.93 bits per heavy atom. The van der Waals surface area contributed by atoms with Crippen LogP contribution < -0.4 is 14.8 Å². The van der Waals surface area contributed by atoms with Crippen molar-refractivity contribution in [1.82, 2.24) is 10.3 Å². The second kappa shape index (κ2) is 9.19. The molecule has 5 nitrogen and oxygen atoms in total. The van der Waals surface area contributed by atoms with E-state index in [-0.39, 0.29) is 5.91 Å². The van der Waals surface area contributed by atoms with E-state index in [1.807, 2.05) is 36.4 Å². The van der Waals surface area contributed by atoms with Gasteiger partial charge in [-0.3, -0.25) is 9.78 Å². The molecular formula is C21H19BrN2O3. The smallest absolute Gasteiger partial charge is 0.251 e. The number of hydrogen-bond acceptors (Lipinski definition) is 4. The van der Waals surface area contributed by atoms with Crippen LogP contribution in [0.1, 0.15) is 21.5 Å². The molecule has 27 heavy (non-hydrogen) atoms. The molecule has 0 spiro atoms. The van der Waals surface area contributed by atoms with Gasteiger partial charge < -0.3 is 14.8 Å². The minimum atomic E-state index is -0.143. The first-order chi connectivity index (χ1) is 13.2. The lowest BCUT2D eigenvalue weighted by Gasteiger charge is -2.09. The van der Waals surface area contributed by atoms with E-state index in [4.69, 9.17) is 9.47 Å². The number of rotatable bonds is 7. The molecule has 0 bridgehead atoms. The molecule has 1 heterocycles. The van der Waals surface area contributed by atoms with E-state index in [0.717, 1.165) is 21.3 Å². The summed E-state index contributed by atoms with van der Waals surface area (Å²) in [5.74, 6) is 1.32. The summed E-state index contributed by atoms with van der Waals surface area (Å²) in [5.41, 5.74) is 2.57. The summed E-state index contributed by atoms with van der Waals surface area (Å²) in [6.07, 6.45) is 3.51. The minimum Gasteiger partial charge on any atom is -0.496 e. The highest BCUT2D eigenvalue weighted by molar-refractivity contribution is 9.10. The van der Waals surface area contributed by atoms with Gasteiger partial charge in [-0.2, -0.15) is 0 Å². The number of pyridine rings is 1. The fourth-order valence-corrected chi connectivity index (χ4v) is 2.99. The summed E-state index contributed by atoms with van der Waals surface area (Å²) in [7, 11) is 1.59. The zero-order chi connectivity index (χ0) is 19.1. The fourth-order valence-electron chi connectivity index (χ4n) is 2.45. The van der Waals surface area contributed by atoms with Crippen LogP contribution in [0.5, 0.6) is 11.5 Å². The Morgan fingerprint density at radius 3 is 2.59 bits per heavy atom. The fraction of sp³-hybridized carbons (Fsp3) is 0.143. The summed E-state index contributed by atoms with van der Waals surface area (Å²) in [6, 6.07) is 16.7. The van der Waals surface area contributed by atoms with E-state index in [1.165, 1.54) is 0 Å². The largest absolute Gasteiger partial charge is 0.496 e. The zero-order valence-corrected chi connectivity index (χ0v) is 16.4. The average molecular weight is 427 g/mol. The van der Waals surface area contributed by atoms with Gasteiger partial charge in [-0.25, -0.2) is 0 Å². The number of carbonyl (C=O) groups is 1. The molecule has 1 amide bonds. The molecule has 0 fully saturated rings. The van der Waals surface area contributed by atoms with Crippen molar-refractivity contribution in [3.8, 4) is 11.5 Å². The molecule has 0 saturated carbocycles. The van der Waals surface area contributed by atoms with Gasteiger partial charge in [-0.1, -0.05) is 18.2 Å². The van der Waals surface area contributed by atoms with E-state index in [1.54, 1.807) is 37.7 Å². The van der Waals surface area contributed by atoms with Crippen LogP contribution in [0, 0.1) is 0 Å². The molecule has 1 N–H and O–H groups in total. The third kappa shape index (κ3) is 5.31. The van der Waals surface area contributed by atoms with Crippen molar-refractivity contribution in [2.24, 2.45) is 0 Å². The van der Waals surface area contributed by atoms with Gasteiger partial charge in [-0.15, -0.1) is 0 Å². The molecular weight excluding hydrogens is 408 g/mol. The molecule has 0 aliphatic carbocycles. The molecule has 0 saturated heterocycles. The van der Waals surface area contributed by atoms with E-state index in [9.17, 15) is 4.79 Å². The summed E-state index contributed by atoms with van der Waals surface area (Å²) < 4.78 is 11.7. The lowest BCUT2D eigenvalue weighted by Crippen LogP contribution is -2.22. The van der Waals surface area contributed by atoms with E-state index < -0.39 is 0 Å². The molecule has 3 rings (SSSR count). The first kappa shape index (κ1) is 18.9. The Kier molecular flexibility index (Phi) is 6.44. The van der Waals surface area contributed by atoms with E-state index in [2.05, 4.69) is 26.2 Å². The van der Waals surface area contributed by atoms with Gasteiger partial charge in [0, 0.05) is 30.1 Å². The summed E-state index contributed by atoms with van der Waals surface area (Å²) in [6.45, 7) is 0.904. The lowest BCUT2D eigenvalue weighted by molar-refractivity contribution is 0.0951. The standard InChI is InChI=1S/C21H19BrN2O3/c1-26-20-9-6-17(11-19(20)22)21(25)24-13-15-4-7-18(8-5-15)27-14-16-3-2-10-23-12-16/h2-12H,13-14H2,1H3,(H,24,25). The Balaban J connectivity index is 1.52. The number of aromatic nitrogens is 1. The quantitative estimate of drug-likeness (QED) is 0.609. The first-order valence-electron chi connectivity index (χ1n) is 8.38. The summed E-state index contributed by atoms with van der Waals surface area (Å²) in [5, 5.41) is 2.91. The van der Waals surface area contributed by atoms with Gasteiger partial charge in [0.25, 0.3) is 5.91 Å². The normalized spacial score (nSPS) is 10.3. The molecule has 0 radical (unpaired) electrons. The number of methoxy groups -OCH3 is 1. The van der Waals surface area contributed by atoms with Crippen molar-refractivity contribution in [3.05, 3.63) is 88.2 Å². The van der Waals surface area contributed by atoms with Crippen LogP contribution in [-0.2, 0) is 13.2 Å². The van der Waals surface area contributed by atoms with Crippen molar-refractivity contribution in [3.63, 3.8) is 0 Å². The minimum absolute atomic E-state index is 0.143. The van der Waals surface area contributed by atoms with Crippen molar-refractivity contribution >= 4 is 21.8 Å². The number of ether oxygens (including phenoxy) is 2. The van der Waals surface area contributed by atoms with Gasteiger partial charge in [-0.05, 0) is 57.9 Å². The van der Waals surface area contributed by atoms with Gasteiger partial charge in [0.1, 0.15) is 18.1 Å². The zero-order valence-electron chi connectivity index (χ0n) is 14.8. The van der Waals surface area contributed by atoms with Crippen molar-refractivity contribution in [2.45, 2.75) is 13.2 Å². The molecule has 2 aromatic carbocycles. The number of benzene rings is 2. The van der Waals surface area contributed by atoms with Crippen molar-refractivity contribution in [2.75, 3.05) is 7.11 Å². The Bertz CT molecular complexity index is 899. The SMILES string of the molecule is COc1ccc(C(=O)NCc2ccc(OCc3cccnc3)cc2)cc1Br. The number of nitrogens with zero attached hydrogens (tertiary/aromatic N) is 1. The highest BCUT2D eigenvalue weighted by Gasteiger charge is 2.08. The number of halogens is 1. The van der Waals surface area contributed by atoms with Gasteiger partial charge in [0.15, 0.2) is 0 Å². The number of carbonyl (C=O) groups excluding carboxylic acids is 1. The molecule has 6 heteroatoms. The first-order valence-corrected chi connectivity index (χ1v) is 9.17. The molecule has 3 aromatic rings. The topological polar surface area (TPSA) is 60.5 Å². The second-order valence-corrected chi connectivity index (χ2v) is 6.68. The number of amides is 1. The third-order valence-corrected chi connectivity index (χ3v) is 4.54. The highest BCUT2D eigenvalue weighted by Crippen LogP contribution is 2.25. The van der Waals surface area contributed by atoms with Crippen molar-refractivity contribution in [1.29, 1.82) is 0 Å². The van der Waals surface area contributed by atoms with E-state index in [0.29, 0.717) is 24.5 Å². The van der Waals surface area contributed by atoms with Crippen molar-refractivity contribution < 1.29 is 14.3 Å². The van der Waals surface area contributed by atoms with Crippen LogP contribution in [0.25, 0.3) is 0 Å². The summed E-state index contributed by atoms with van der Waals surface area (Å²) in [4.78, 5) is 16.4. The maximum atomic E-state index is 12.3. The van der Waals surface area contributed by atoms with Crippen LogP contribution in [0.2, 0.25) is 0 Å². The van der Waals surface area contributed by atoms with Gasteiger partial charge >= 0.3 is 0 Å². The van der Waals surface area contributed by atoms with E-state index >= 15 is 0 Å². The van der Waals surface area contributed by atoms with Gasteiger partial charge in [0.2, 0.25) is 0 Å². The highest BCUT2D eigenvalue weighted by atomic mass is 79.9. The number of hydrogen-bond donors (Lipinski definition) is 1.